The van der Waals surface area contributed by atoms with Gasteiger partial charge in [0.1, 0.15) is 22.5 Å². The average Bonchev–Trinajstić information content (AvgIpc) is 3.43. The fourth-order valence-electron chi connectivity index (χ4n) is 3.15. The van der Waals surface area contributed by atoms with E-state index >= 15 is 0 Å². The minimum absolute atomic E-state index is 0.0692. The molecule has 0 aliphatic rings. The van der Waals surface area contributed by atoms with Crippen LogP contribution in [0.2, 0.25) is 0 Å². The molecule has 0 saturated heterocycles. The minimum Gasteiger partial charge on any atom is -0.362 e. The number of hydrogen-bond acceptors (Lipinski definition) is 8. The van der Waals surface area contributed by atoms with Gasteiger partial charge in [0.15, 0.2) is 0 Å². The van der Waals surface area contributed by atoms with E-state index in [1.165, 1.54) is 17.6 Å². The highest BCUT2D eigenvalue weighted by Crippen LogP contribution is 2.27. The number of anilines is 2. The Labute approximate surface area is 196 Å². The van der Waals surface area contributed by atoms with Crippen LogP contribution in [0.25, 0.3) is 11.3 Å². The highest BCUT2D eigenvalue weighted by Gasteiger charge is 2.20. The molecular weight excluding hydrogens is 436 g/mol. The minimum atomic E-state index is -0.109. The molecule has 0 fully saturated rings. The number of nitrogens with zero attached hydrogens (tertiary/aromatic N) is 4. The average molecular weight is 463 g/mol. The van der Waals surface area contributed by atoms with Crippen molar-refractivity contribution in [3.8, 4) is 11.3 Å². The summed E-state index contributed by atoms with van der Waals surface area (Å²) in [5.74, 6) is 0.356. The van der Waals surface area contributed by atoms with Crippen molar-refractivity contribution in [2.75, 3.05) is 5.32 Å². The van der Waals surface area contributed by atoms with E-state index < -0.39 is 0 Å². The largest absolute Gasteiger partial charge is 0.362 e. The lowest BCUT2D eigenvalue weighted by atomic mass is 9.98. The van der Waals surface area contributed by atoms with Crippen molar-refractivity contribution in [2.45, 2.75) is 46.6 Å². The number of carbonyl (C=O) groups is 1. The lowest BCUT2D eigenvalue weighted by Gasteiger charge is -2.13. The van der Waals surface area contributed by atoms with E-state index in [2.05, 4.69) is 57.6 Å². The summed E-state index contributed by atoms with van der Waals surface area (Å²) in [5.41, 5.74) is 5.26. The Kier molecular flexibility index (Phi) is 6.24. The van der Waals surface area contributed by atoms with E-state index in [0.717, 1.165) is 38.8 Å². The second-order valence-corrected chi connectivity index (χ2v) is 9.84. The Balaban J connectivity index is 1.44. The third kappa shape index (κ3) is 5.25. The van der Waals surface area contributed by atoms with Crippen LogP contribution in [0.1, 0.15) is 52.3 Å². The van der Waals surface area contributed by atoms with Gasteiger partial charge in [0, 0.05) is 23.7 Å². The van der Waals surface area contributed by atoms with Gasteiger partial charge in [-0.1, -0.05) is 38.1 Å². The maximum atomic E-state index is 12.6. The van der Waals surface area contributed by atoms with Crippen LogP contribution in [-0.4, -0.2) is 26.0 Å². The second kappa shape index (κ2) is 9.11. The molecular formula is C24H26N6O2S. The van der Waals surface area contributed by atoms with Crippen LogP contribution in [0.3, 0.4) is 0 Å². The monoisotopic (exact) mass is 462 g/mol. The Morgan fingerprint density at radius 1 is 1.15 bits per heavy atom. The molecule has 0 aliphatic heterocycles. The lowest BCUT2D eigenvalue weighted by molar-refractivity contribution is 0.0954. The van der Waals surface area contributed by atoms with Crippen LogP contribution in [0.15, 0.2) is 47.4 Å². The summed E-state index contributed by atoms with van der Waals surface area (Å²) >= 11 is 1.44. The van der Waals surface area contributed by atoms with Crippen molar-refractivity contribution >= 4 is 28.9 Å². The topological polar surface area (TPSA) is 106 Å². The third-order valence-electron chi connectivity index (χ3n) is 5.10. The molecule has 0 unspecified atom stereocenters. The summed E-state index contributed by atoms with van der Waals surface area (Å²) in [6.45, 7) is 10.6. The molecule has 0 atom stereocenters. The molecule has 2 N–H and O–H groups in total. The summed E-state index contributed by atoms with van der Waals surface area (Å²) in [4.78, 5) is 26.5. The number of aryl methyl sites for hydroxylation is 2. The van der Waals surface area contributed by atoms with Crippen molar-refractivity contribution in [2.24, 2.45) is 0 Å². The standard InChI is InChI=1S/C24H26N6O2S/c1-14-10-16(18-8-9-25-23(28-18)29-19-13-32-30-15(19)2)6-7-17(14)11-26-21(31)20-12-27-22(33-20)24(3,4)5/h6-10,12-13H,11H2,1-5H3,(H,26,31)(H,25,28,29). The third-order valence-corrected chi connectivity index (χ3v) is 6.52. The fourth-order valence-corrected chi connectivity index (χ4v) is 4.04. The molecule has 33 heavy (non-hydrogen) atoms. The normalized spacial score (nSPS) is 11.4. The number of hydrogen-bond donors (Lipinski definition) is 2. The molecule has 8 nitrogen and oxygen atoms in total. The first-order valence-corrected chi connectivity index (χ1v) is 11.4. The molecule has 4 rings (SSSR count). The molecule has 0 spiro atoms. The SMILES string of the molecule is Cc1cc(-c2ccnc(Nc3conc3C)n2)ccc1CNC(=O)c1cnc(C(C)(C)C)s1. The molecule has 1 aromatic carbocycles. The van der Waals surface area contributed by atoms with Crippen molar-refractivity contribution < 1.29 is 9.32 Å². The van der Waals surface area contributed by atoms with Crippen molar-refractivity contribution in [1.29, 1.82) is 0 Å². The Morgan fingerprint density at radius 3 is 2.64 bits per heavy atom. The molecule has 0 saturated carbocycles. The lowest BCUT2D eigenvalue weighted by Crippen LogP contribution is -2.22. The Bertz CT molecular complexity index is 1290. The van der Waals surface area contributed by atoms with Crippen molar-refractivity contribution in [1.82, 2.24) is 25.4 Å². The van der Waals surface area contributed by atoms with Crippen molar-refractivity contribution in [3.05, 3.63) is 69.6 Å². The Hall–Kier alpha value is -3.59. The molecule has 0 bridgehead atoms. The zero-order chi connectivity index (χ0) is 23.6. The van der Waals surface area contributed by atoms with Gasteiger partial charge in [0.05, 0.1) is 16.9 Å². The van der Waals surface area contributed by atoms with Gasteiger partial charge in [-0.25, -0.2) is 15.0 Å². The summed E-state index contributed by atoms with van der Waals surface area (Å²) in [5, 5.41) is 10.9. The van der Waals surface area contributed by atoms with Crippen LogP contribution in [-0.2, 0) is 12.0 Å². The highest BCUT2D eigenvalue weighted by atomic mass is 32.1. The molecule has 1 amide bonds. The first-order chi connectivity index (χ1) is 15.7. The van der Waals surface area contributed by atoms with E-state index in [4.69, 9.17) is 4.52 Å². The molecule has 170 valence electrons. The van der Waals surface area contributed by atoms with Crippen LogP contribution in [0.4, 0.5) is 11.6 Å². The van der Waals surface area contributed by atoms with E-state index in [-0.39, 0.29) is 11.3 Å². The summed E-state index contributed by atoms with van der Waals surface area (Å²) in [7, 11) is 0. The van der Waals surface area contributed by atoms with Crippen LogP contribution in [0.5, 0.6) is 0 Å². The van der Waals surface area contributed by atoms with E-state index in [1.807, 2.05) is 32.0 Å². The van der Waals surface area contributed by atoms with E-state index in [1.54, 1.807) is 12.4 Å². The first kappa shape index (κ1) is 22.6. The molecule has 3 aromatic heterocycles. The van der Waals surface area contributed by atoms with Gasteiger partial charge in [-0.15, -0.1) is 11.3 Å². The number of benzene rings is 1. The second-order valence-electron chi connectivity index (χ2n) is 8.81. The number of thiazole rings is 1. The Morgan fingerprint density at radius 2 is 1.97 bits per heavy atom. The van der Waals surface area contributed by atoms with E-state index in [0.29, 0.717) is 17.4 Å². The molecule has 0 radical (unpaired) electrons. The zero-order valence-corrected chi connectivity index (χ0v) is 20.1. The fraction of sp³-hybridized carbons (Fsp3) is 0.292. The molecule has 4 aromatic rings. The summed E-state index contributed by atoms with van der Waals surface area (Å²) in [6, 6.07) is 7.92. The number of carbonyl (C=O) groups excluding carboxylic acids is 1. The molecule has 0 aliphatic carbocycles. The maximum Gasteiger partial charge on any atom is 0.263 e. The summed E-state index contributed by atoms with van der Waals surface area (Å²) in [6.07, 6.45) is 4.88. The number of aromatic nitrogens is 4. The van der Waals surface area contributed by atoms with Crippen LogP contribution >= 0.6 is 11.3 Å². The van der Waals surface area contributed by atoms with Crippen LogP contribution < -0.4 is 10.6 Å². The van der Waals surface area contributed by atoms with Gasteiger partial charge < -0.3 is 15.2 Å². The van der Waals surface area contributed by atoms with E-state index in [9.17, 15) is 4.79 Å². The predicted molar refractivity (Wildman–Crippen MR) is 129 cm³/mol. The van der Waals surface area contributed by atoms with Gasteiger partial charge >= 0.3 is 0 Å². The van der Waals surface area contributed by atoms with Crippen molar-refractivity contribution in [3.63, 3.8) is 0 Å². The number of rotatable bonds is 6. The smallest absolute Gasteiger partial charge is 0.263 e. The van der Waals surface area contributed by atoms with Crippen LogP contribution in [0, 0.1) is 13.8 Å². The van der Waals surface area contributed by atoms with Gasteiger partial charge in [-0.05, 0) is 37.1 Å². The van der Waals surface area contributed by atoms with Gasteiger partial charge in [-0.3, -0.25) is 4.79 Å². The highest BCUT2D eigenvalue weighted by molar-refractivity contribution is 7.13. The van der Waals surface area contributed by atoms with Gasteiger partial charge in [0.25, 0.3) is 5.91 Å². The number of amides is 1. The zero-order valence-electron chi connectivity index (χ0n) is 19.3. The molecule has 3 heterocycles. The maximum absolute atomic E-state index is 12.6. The quantitative estimate of drug-likeness (QED) is 0.407. The number of nitrogens with one attached hydrogen (secondary N) is 2. The van der Waals surface area contributed by atoms with Gasteiger partial charge in [-0.2, -0.15) is 0 Å². The first-order valence-electron chi connectivity index (χ1n) is 10.6. The predicted octanol–water partition coefficient (Wildman–Crippen LogP) is 5.18. The van der Waals surface area contributed by atoms with Gasteiger partial charge in [0.2, 0.25) is 5.95 Å². The summed E-state index contributed by atoms with van der Waals surface area (Å²) < 4.78 is 4.94. The molecule has 9 heteroatoms.